The van der Waals surface area contributed by atoms with Gasteiger partial charge in [-0.15, -0.1) is 0 Å². The summed E-state index contributed by atoms with van der Waals surface area (Å²) in [5.74, 6) is 1.07. The Labute approximate surface area is 96.6 Å². The molecule has 1 atom stereocenters. The third-order valence-corrected chi connectivity index (χ3v) is 2.99. The van der Waals surface area contributed by atoms with Gasteiger partial charge in [-0.1, -0.05) is 0 Å². The van der Waals surface area contributed by atoms with Crippen molar-refractivity contribution in [2.45, 2.75) is 19.6 Å². The normalized spacial score (nSPS) is 22.5. The molecule has 2 heterocycles. The first-order valence-corrected chi connectivity index (χ1v) is 5.81. The Morgan fingerprint density at radius 3 is 3.12 bits per heavy atom. The molecule has 0 bridgehead atoms. The van der Waals surface area contributed by atoms with Crippen LogP contribution in [-0.2, 0) is 11.3 Å². The molecular weight excluding hydrogens is 204 g/mol. The van der Waals surface area contributed by atoms with Crippen LogP contribution in [0.15, 0.2) is 16.7 Å². The van der Waals surface area contributed by atoms with E-state index >= 15 is 0 Å². The quantitative estimate of drug-likeness (QED) is 0.828. The minimum absolute atomic E-state index is 0.300. The van der Waals surface area contributed by atoms with Gasteiger partial charge in [-0.2, -0.15) is 0 Å². The van der Waals surface area contributed by atoms with Crippen LogP contribution in [0.5, 0.6) is 0 Å². The van der Waals surface area contributed by atoms with Gasteiger partial charge in [0.1, 0.15) is 5.76 Å². The topological polar surface area (TPSA) is 37.6 Å². The van der Waals surface area contributed by atoms with E-state index < -0.39 is 0 Å². The number of hydrogen-bond donors (Lipinski definition) is 1. The molecule has 1 aromatic heterocycles. The van der Waals surface area contributed by atoms with Crippen molar-refractivity contribution in [2.24, 2.45) is 0 Å². The van der Waals surface area contributed by atoms with Crippen molar-refractivity contribution in [1.29, 1.82) is 0 Å². The summed E-state index contributed by atoms with van der Waals surface area (Å²) in [5, 5.41) is 3.15. The van der Waals surface area contributed by atoms with Gasteiger partial charge in [0.15, 0.2) is 0 Å². The molecule has 0 saturated carbocycles. The molecule has 1 aliphatic rings. The molecule has 1 fully saturated rings. The van der Waals surface area contributed by atoms with E-state index in [2.05, 4.69) is 17.1 Å². The first-order valence-electron chi connectivity index (χ1n) is 5.81. The zero-order valence-electron chi connectivity index (χ0n) is 10.0. The van der Waals surface area contributed by atoms with Gasteiger partial charge in [-0.05, 0) is 25.6 Å². The monoisotopic (exact) mass is 224 g/mol. The van der Waals surface area contributed by atoms with E-state index in [-0.39, 0.29) is 0 Å². The average molecular weight is 224 g/mol. The van der Waals surface area contributed by atoms with Gasteiger partial charge in [-0.3, -0.25) is 4.90 Å². The van der Waals surface area contributed by atoms with Gasteiger partial charge >= 0.3 is 0 Å². The molecule has 0 radical (unpaired) electrons. The van der Waals surface area contributed by atoms with Crippen LogP contribution in [0.1, 0.15) is 11.3 Å². The Balaban J connectivity index is 1.88. The van der Waals surface area contributed by atoms with Gasteiger partial charge in [0.05, 0.1) is 25.5 Å². The predicted octanol–water partition coefficient (Wildman–Crippen LogP) is 1.01. The van der Waals surface area contributed by atoms with Crippen molar-refractivity contribution in [2.75, 3.05) is 33.3 Å². The number of likely N-dealkylation sites (N-methyl/N-ethyl adjacent to an activating group) is 1. The maximum atomic E-state index is 5.66. The predicted molar refractivity (Wildman–Crippen MR) is 62.4 cm³/mol. The SMILES string of the molecule is CNCC1CN(Cc2occc2C)CCO1. The standard InChI is InChI=1S/C12H20N2O2/c1-10-3-5-16-12(10)9-14-4-6-15-11(8-14)7-13-2/h3,5,11,13H,4,6-9H2,1-2H3. The van der Waals surface area contributed by atoms with Crippen LogP contribution in [0, 0.1) is 6.92 Å². The lowest BCUT2D eigenvalue weighted by molar-refractivity contribution is -0.0309. The smallest absolute Gasteiger partial charge is 0.120 e. The number of nitrogens with one attached hydrogen (secondary N) is 1. The summed E-state index contributed by atoms with van der Waals surface area (Å²) in [5.41, 5.74) is 1.23. The minimum Gasteiger partial charge on any atom is -0.468 e. The summed E-state index contributed by atoms with van der Waals surface area (Å²) < 4.78 is 11.1. The molecule has 1 aromatic rings. The lowest BCUT2D eigenvalue weighted by atomic mass is 10.2. The van der Waals surface area contributed by atoms with E-state index in [1.807, 2.05) is 13.1 Å². The number of morpholine rings is 1. The molecule has 2 rings (SSSR count). The lowest BCUT2D eigenvalue weighted by Gasteiger charge is -2.32. The maximum absolute atomic E-state index is 5.66. The second-order valence-electron chi connectivity index (χ2n) is 4.31. The number of hydrogen-bond acceptors (Lipinski definition) is 4. The van der Waals surface area contributed by atoms with Gasteiger partial charge in [0.2, 0.25) is 0 Å². The van der Waals surface area contributed by atoms with Gasteiger partial charge in [0.25, 0.3) is 0 Å². The van der Waals surface area contributed by atoms with Gasteiger partial charge in [-0.25, -0.2) is 0 Å². The first kappa shape index (κ1) is 11.6. The summed E-state index contributed by atoms with van der Waals surface area (Å²) in [7, 11) is 1.96. The Morgan fingerprint density at radius 1 is 1.56 bits per heavy atom. The molecule has 4 nitrogen and oxygen atoms in total. The summed E-state index contributed by atoms with van der Waals surface area (Å²) in [6.07, 6.45) is 2.06. The summed E-state index contributed by atoms with van der Waals surface area (Å²) >= 11 is 0. The maximum Gasteiger partial charge on any atom is 0.120 e. The van der Waals surface area contributed by atoms with E-state index in [1.165, 1.54) is 5.56 Å². The van der Waals surface area contributed by atoms with Crippen molar-refractivity contribution in [3.8, 4) is 0 Å². The Bertz CT molecular complexity index is 323. The number of nitrogens with zero attached hydrogens (tertiary/aromatic N) is 1. The van der Waals surface area contributed by atoms with E-state index in [4.69, 9.17) is 9.15 Å². The minimum atomic E-state index is 0.300. The second kappa shape index (κ2) is 5.48. The molecule has 0 spiro atoms. The van der Waals surface area contributed by atoms with Crippen molar-refractivity contribution in [3.63, 3.8) is 0 Å². The molecule has 1 unspecified atom stereocenters. The Kier molecular flexibility index (Phi) is 3.98. The van der Waals surface area contributed by atoms with Crippen LogP contribution in [-0.4, -0.2) is 44.3 Å². The highest BCUT2D eigenvalue weighted by Crippen LogP contribution is 2.14. The highest BCUT2D eigenvalue weighted by atomic mass is 16.5. The molecule has 1 saturated heterocycles. The van der Waals surface area contributed by atoms with Crippen molar-refractivity contribution >= 4 is 0 Å². The molecular formula is C12H20N2O2. The average Bonchev–Trinajstić information content (AvgIpc) is 2.66. The molecule has 90 valence electrons. The number of aryl methyl sites for hydroxylation is 1. The van der Waals surface area contributed by atoms with Crippen LogP contribution < -0.4 is 5.32 Å². The summed E-state index contributed by atoms with van der Waals surface area (Å²) in [4.78, 5) is 2.39. The van der Waals surface area contributed by atoms with E-state index in [9.17, 15) is 0 Å². The number of furan rings is 1. The van der Waals surface area contributed by atoms with Crippen molar-refractivity contribution in [3.05, 3.63) is 23.7 Å². The summed E-state index contributed by atoms with van der Waals surface area (Å²) in [6, 6.07) is 2.01. The van der Waals surface area contributed by atoms with Crippen LogP contribution in [0.4, 0.5) is 0 Å². The largest absolute Gasteiger partial charge is 0.468 e. The molecule has 0 aromatic carbocycles. The van der Waals surface area contributed by atoms with Crippen LogP contribution >= 0.6 is 0 Å². The third-order valence-electron chi connectivity index (χ3n) is 2.99. The van der Waals surface area contributed by atoms with Crippen LogP contribution in [0.2, 0.25) is 0 Å². The zero-order chi connectivity index (χ0) is 11.4. The molecule has 16 heavy (non-hydrogen) atoms. The second-order valence-corrected chi connectivity index (χ2v) is 4.31. The number of ether oxygens (including phenoxy) is 1. The molecule has 1 N–H and O–H groups in total. The molecule has 4 heteroatoms. The van der Waals surface area contributed by atoms with E-state index in [0.717, 1.165) is 38.5 Å². The molecule has 0 amide bonds. The molecule has 1 aliphatic heterocycles. The Hall–Kier alpha value is -0.840. The highest BCUT2D eigenvalue weighted by molar-refractivity contribution is 5.14. The van der Waals surface area contributed by atoms with Gasteiger partial charge in [0, 0.05) is 19.6 Å². The van der Waals surface area contributed by atoms with Crippen molar-refractivity contribution < 1.29 is 9.15 Å². The fourth-order valence-electron chi connectivity index (χ4n) is 2.04. The fraction of sp³-hybridized carbons (Fsp3) is 0.667. The van der Waals surface area contributed by atoms with Crippen LogP contribution in [0.3, 0.4) is 0 Å². The number of rotatable bonds is 4. The van der Waals surface area contributed by atoms with Gasteiger partial charge < -0.3 is 14.5 Å². The summed E-state index contributed by atoms with van der Waals surface area (Å²) in [6.45, 7) is 6.66. The fourth-order valence-corrected chi connectivity index (χ4v) is 2.04. The zero-order valence-corrected chi connectivity index (χ0v) is 10.0. The van der Waals surface area contributed by atoms with Crippen molar-refractivity contribution in [1.82, 2.24) is 10.2 Å². The van der Waals surface area contributed by atoms with E-state index in [1.54, 1.807) is 6.26 Å². The highest BCUT2D eigenvalue weighted by Gasteiger charge is 2.20. The lowest BCUT2D eigenvalue weighted by Crippen LogP contribution is -2.45. The van der Waals surface area contributed by atoms with E-state index in [0.29, 0.717) is 6.10 Å². The van der Waals surface area contributed by atoms with Crippen LogP contribution in [0.25, 0.3) is 0 Å². The third kappa shape index (κ3) is 2.84. The Morgan fingerprint density at radius 2 is 2.44 bits per heavy atom. The molecule has 0 aliphatic carbocycles. The first-order chi connectivity index (χ1) is 7.79.